The van der Waals surface area contributed by atoms with Crippen molar-refractivity contribution in [1.82, 2.24) is 20.2 Å². The Morgan fingerprint density at radius 2 is 2.00 bits per heavy atom. The second kappa shape index (κ2) is 11.4. The Labute approximate surface area is 214 Å². The highest BCUT2D eigenvalue weighted by atomic mass is 35.5. The molecule has 0 saturated heterocycles. The van der Waals surface area contributed by atoms with Crippen molar-refractivity contribution < 1.29 is 9.18 Å². The number of fused-ring (bicyclic) bond motifs is 1. The van der Waals surface area contributed by atoms with E-state index in [1.165, 1.54) is 6.07 Å². The van der Waals surface area contributed by atoms with Crippen molar-refractivity contribution in [2.45, 2.75) is 90.2 Å². The third-order valence-electron chi connectivity index (χ3n) is 6.53. The van der Waals surface area contributed by atoms with Gasteiger partial charge < -0.3 is 20.5 Å². The molecule has 0 radical (unpaired) electrons. The number of benzene rings is 1. The number of aromatic nitrogens is 2. The van der Waals surface area contributed by atoms with Crippen molar-refractivity contribution in [2.24, 2.45) is 5.41 Å². The number of carbonyl (C=O) groups excluding carboxylic acids is 1. The van der Waals surface area contributed by atoms with Gasteiger partial charge in [0.1, 0.15) is 5.82 Å². The molecule has 1 amide bonds. The zero-order chi connectivity index (χ0) is 25.8. The highest BCUT2D eigenvalue weighted by molar-refractivity contribution is 6.21. The number of hydrogen-bond acceptors (Lipinski definition) is 4. The summed E-state index contributed by atoms with van der Waals surface area (Å²) in [5.41, 5.74) is 1.91. The third kappa shape index (κ3) is 7.51. The number of rotatable bonds is 10. The SMILES string of the molecule is CCC[C@H](NC1CCc2cc(F)ccc2[C@@H]1Cl)C(=O)Nc1cn(C(C)(C)CNCC(C)(C)C)cn1. The van der Waals surface area contributed by atoms with E-state index in [-0.39, 0.29) is 40.1 Å². The molecule has 0 bridgehead atoms. The standard InChI is InChI=1S/C27H41ClFN5O/c1-7-8-22(32-21-12-9-18-13-19(29)10-11-20(18)24(21)28)25(35)33-23-14-34(17-31-23)27(5,6)16-30-15-26(2,3)4/h10-11,13-14,17,21-22,24,30,32H,7-9,12,15-16H2,1-6H3,(H,33,35)/t21?,22-,24-/m0/s1. The summed E-state index contributed by atoms with van der Waals surface area (Å²) in [6.07, 6.45) is 6.68. The Hall–Kier alpha value is -1.96. The minimum absolute atomic E-state index is 0.0673. The van der Waals surface area contributed by atoms with Crippen molar-refractivity contribution in [1.29, 1.82) is 0 Å². The van der Waals surface area contributed by atoms with E-state index in [9.17, 15) is 9.18 Å². The zero-order valence-electron chi connectivity index (χ0n) is 21.9. The Morgan fingerprint density at radius 3 is 2.69 bits per heavy atom. The number of nitrogens with one attached hydrogen (secondary N) is 3. The number of imidazole rings is 1. The van der Waals surface area contributed by atoms with Gasteiger partial charge in [-0.25, -0.2) is 9.37 Å². The van der Waals surface area contributed by atoms with Crippen LogP contribution in [0.4, 0.5) is 10.2 Å². The predicted octanol–water partition coefficient (Wildman–Crippen LogP) is 5.38. The number of aryl methyl sites for hydroxylation is 1. The lowest BCUT2D eigenvalue weighted by Gasteiger charge is -2.33. The number of anilines is 1. The average molecular weight is 506 g/mol. The van der Waals surface area contributed by atoms with E-state index in [2.05, 4.69) is 62.5 Å². The number of amides is 1. The van der Waals surface area contributed by atoms with Gasteiger partial charge in [-0.15, -0.1) is 11.6 Å². The second-order valence-corrected chi connectivity index (χ2v) is 12.0. The maximum absolute atomic E-state index is 13.6. The van der Waals surface area contributed by atoms with E-state index in [0.29, 0.717) is 12.2 Å². The molecule has 1 aromatic heterocycles. The fraction of sp³-hybridized carbons (Fsp3) is 0.630. The fourth-order valence-electron chi connectivity index (χ4n) is 4.51. The van der Waals surface area contributed by atoms with Crippen molar-refractivity contribution >= 4 is 23.3 Å². The molecule has 0 fully saturated rings. The van der Waals surface area contributed by atoms with Crippen molar-refractivity contribution in [3.8, 4) is 0 Å². The van der Waals surface area contributed by atoms with Gasteiger partial charge in [0.2, 0.25) is 5.91 Å². The van der Waals surface area contributed by atoms with Crippen molar-refractivity contribution in [2.75, 3.05) is 18.4 Å². The first kappa shape index (κ1) is 27.6. The maximum atomic E-state index is 13.6. The largest absolute Gasteiger partial charge is 0.328 e. The van der Waals surface area contributed by atoms with E-state index in [0.717, 1.165) is 43.5 Å². The molecule has 0 spiro atoms. The molecule has 1 unspecified atom stereocenters. The molecule has 6 nitrogen and oxygen atoms in total. The molecule has 194 valence electrons. The quantitative estimate of drug-likeness (QED) is 0.379. The van der Waals surface area contributed by atoms with E-state index in [1.807, 2.05) is 10.8 Å². The van der Waals surface area contributed by atoms with Crippen LogP contribution in [-0.4, -0.2) is 40.6 Å². The summed E-state index contributed by atoms with van der Waals surface area (Å²) in [6, 6.07) is 4.31. The molecule has 1 heterocycles. The summed E-state index contributed by atoms with van der Waals surface area (Å²) in [5.74, 6) is 0.179. The van der Waals surface area contributed by atoms with E-state index in [4.69, 9.17) is 11.6 Å². The van der Waals surface area contributed by atoms with Crippen LogP contribution in [0.3, 0.4) is 0 Å². The Bertz CT molecular complexity index is 1000. The highest BCUT2D eigenvalue weighted by Crippen LogP contribution is 2.35. The molecule has 3 rings (SSSR count). The van der Waals surface area contributed by atoms with Gasteiger partial charge in [0.25, 0.3) is 0 Å². The smallest absolute Gasteiger partial charge is 0.242 e. The number of alkyl halides is 1. The summed E-state index contributed by atoms with van der Waals surface area (Å²) < 4.78 is 15.6. The van der Waals surface area contributed by atoms with Crippen LogP contribution in [0.2, 0.25) is 0 Å². The molecule has 0 aliphatic heterocycles. The molecule has 3 N–H and O–H groups in total. The molecule has 35 heavy (non-hydrogen) atoms. The van der Waals surface area contributed by atoms with Crippen LogP contribution < -0.4 is 16.0 Å². The number of hydrogen-bond donors (Lipinski definition) is 3. The topological polar surface area (TPSA) is 71.0 Å². The molecular formula is C27H41ClFN5O. The number of halogens is 2. The fourth-order valence-corrected chi connectivity index (χ4v) is 4.92. The average Bonchev–Trinajstić information content (AvgIpc) is 3.23. The minimum atomic E-state index is -0.389. The summed E-state index contributed by atoms with van der Waals surface area (Å²) >= 11 is 6.76. The molecule has 1 aliphatic carbocycles. The lowest BCUT2D eigenvalue weighted by atomic mass is 9.87. The van der Waals surface area contributed by atoms with E-state index < -0.39 is 0 Å². The third-order valence-corrected chi connectivity index (χ3v) is 7.07. The van der Waals surface area contributed by atoms with Gasteiger partial charge in [-0.3, -0.25) is 4.79 Å². The van der Waals surface area contributed by atoms with E-state index >= 15 is 0 Å². The number of carbonyl (C=O) groups is 1. The molecular weight excluding hydrogens is 465 g/mol. The highest BCUT2D eigenvalue weighted by Gasteiger charge is 2.32. The van der Waals surface area contributed by atoms with Gasteiger partial charge in [0.05, 0.1) is 23.3 Å². The lowest BCUT2D eigenvalue weighted by molar-refractivity contribution is -0.118. The van der Waals surface area contributed by atoms with Crippen molar-refractivity contribution in [3.05, 3.63) is 47.7 Å². The summed E-state index contributed by atoms with van der Waals surface area (Å²) in [4.78, 5) is 17.6. The summed E-state index contributed by atoms with van der Waals surface area (Å²) in [6.45, 7) is 14.7. The summed E-state index contributed by atoms with van der Waals surface area (Å²) in [5, 5.41) is 9.68. The molecule has 2 aromatic rings. The lowest BCUT2D eigenvalue weighted by Crippen LogP contribution is -2.48. The van der Waals surface area contributed by atoms with Crippen LogP contribution in [0.5, 0.6) is 0 Å². The van der Waals surface area contributed by atoms with Crippen LogP contribution in [0.15, 0.2) is 30.7 Å². The van der Waals surface area contributed by atoms with Crippen LogP contribution in [0.1, 0.15) is 77.3 Å². The normalized spacial score (nSPS) is 19.3. The predicted molar refractivity (Wildman–Crippen MR) is 141 cm³/mol. The summed E-state index contributed by atoms with van der Waals surface area (Å²) in [7, 11) is 0. The Balaban J connectivity index is 1.62. The van der Waals surface area contributed by atoms with Crippen LogP contribution in [0, 0.1) is 11.2 Å². The minimum Gasteiger partial charge on any atom is -0.328 e. The van der Waals surface area contributed by atoms with E-state index in [1.54, 1.807) is 18.5 Å². The maximum Gasteiger partial charge on any atom is 0.242 e. The van der Waals surface area contributed by atoms with Gasteiger partial charge in [-0.05, 0) is 61.8 Å². The zero-order valence-corrected chi connectivity index (χ0v) is 22.7. The molecule has 8 heteroatoms. The monoisotopic (exact) mass is 505 g/mol. The van der Waals surface area contributed by atoms with Gasteiger partial charge in [-0.2, -0.15) is 0 Å². The Kier molecular flexibility index (Phi) is 9.00. The van der Waals surface area contributed by atoms with Gasteiger partial charge in [-0.1, -0.05) is 40.2 Å². The van der Waals surface area contributed by atoms with Gasteiger partial charge >= 0.3 is 0 Å². The first-order valence-corrected chi connectivity index (χ1v) is 13.1. The molecule has 0 saturated carbocycles. The molecule has 1 aliphatic rings. The van der Waals surface area contributed by atoms with Gasteiger partial charge in [0.15, 0.2) is 5.82 Å². The first-order valence-electron chi connectivity index (χ1n) is 12.6. The second-order valence-electron chi connectivity index (χ2n) is 11.5. The Morgan fingerprint density at radius 1 is 1.26 bits per heavy atom. The number of nitrogens with zero attached hydrogens (tertiary/aromatic N) is 2. The van der Waals surface area contributed by atoms with Crippen molar-refractivity contribution in [3.63, 3.8) is 0 Å². The molecule has 3 atom stereocenters. The first-order chi connectivity index (χ1) is 16.4. The molecule has 1 aromatic carbocycles. The van der Waals surface area contributed by atoms with Crippen LogP contribution >= 0.6 is 11.6 Å². The van der Waals surface area contributed by atoms with Crippen LogP contribution in [0.25, 0.3) is 0 Å². The van der Waals surface area contributed by atoms with Crippen LogP contribution in [-0.2, 0) is 16.8 Å². The van der Waals surface area contributed by atoms with Gasteiger partial charge in [0, 0.05) is 25.3 Å².